The zero-order chi connectivity index (χ0) is 23.9. The fourth-order valence-electron chi connectivity index (χ4n) is 7.44. The van der Waals surface area contributed by atoms with Gasteiger partial charge in [0.05, 0.1) is 30.9 Å². The molecular formula is C25H33BrClN5O2S. The van der Waals surface area contributed by atoms with Gasteiger partial charge in [0, 0.05) is 51.3 Å². The molecule has 0 radical (unpaired) electrons. The maximum absolute atomic E-state index is 13.4. The minimum absolute atomic E-state index is 0.0517. The molecule has 0 aromatic heterocycles. The molecule has 2 aliphatic carbocycles. The van der Waals surface area contributed by atoms with E-state index in [9.17, 15) is 4.79 Å². The van der Waals surface area contributed by atoms with Crippen LogP contribution in [0.3, 0.4) is 0 Å². The van der Waals surface area contributed by atoms with Crippen LogP contribution < -0.4 is 16.2 Å². The van der Waals surface area contributed by atoms with Crippen molar-refractivity contribution in [3.63, 3.8) is 0 Å². The standard InChI is InChI=1S/C25H33BrClN5O2S/c1-13-29-30-24-25(4-5-25)28-21(16-12-15(26)2-3-18(16)27)20-17-10-14(11-19(17)35-23(20)32(13)24)22(33)31-6-8-34-9-7-31/h2-3,12-14,17,19-21,23-24,28-30H,4-11H2,1H3/t13?,14-,17?,19?,20?,21?,23?,24?/m0/s1. The second-order valence-electron chi connectivity index (χ2n) is 11.2. The van der Waals surface area contributed by atoms with E-state index >= 15 is 0 Å². The fourth-order valence-corrected chi connectivity index (χ4v) is 10.2. The highest BCUT2D eigenvalue weighted by Crippen LogP contribution is 2.62. The monoisotopic (exact) mass is 581 g/mol. The highest BCUT2D eigenvalue weighted by Gasteiger charge is 2.65. The number of halogens is 2. The summed E-state index contributed by atoms with van der Waals surface area (Å²) in [6.07, 6.45) is 4.80. The second-order valence-corrected chi connectivity index (χ2v) is 13.9. The Kier molecular flexibility index (Phi) is 5.98. The molecule has 35 heavy (non-hydrogen) atoms. The van der Waals surface area contributed by atoms with Crippen LogP contribution in [-0.4, -0.2) is 70.5 Å². The zero-order valence-electron chi connectivity index (χ0n) is 19.9. The van der Waals surface area contributed by atoms with E-state index in [1.54, 1.807) is 0 Å². The molecule has 7 rings (SSSR count). The molecule has 6 fully saturated rings. The number of ether oxygens (including phenoxy) is 1. The summed E-state index contributed by atoms with van der Waals surface area (Å²) < 4.78 is 6.55. The van der Waals surface area contributed by atoms with Crippen molar-refractivity contribution in [2.45, 2.75) is 67.1 Å². The average molecular weight is 583 g/mol. The van der Waals surface area contributed by atoms with E-state index in [2.05, 4.69) is 61.8 Å². The lowest BCUT2D eigenvalue weighted by molar-refractivity contribution is -0.139. The van der Waals surface area contributed by atoms with Crippen molar-refractivity contribution >= 4 is 45.2 Å². The summed E-state index contributed by atoms with van der Waals surface area (Å²) in [5.41, 5.74) is 8.40. The van der Waals surface area contributed by atoms with Gasteiger partial charge in [-0.05, 0) is 62.3 Å². The van der Waals surface area contributed by atoms with E-state index in [1.165, 1.54) is 5.56 Å². The highest BCUT2D eigenvalue weighted by atomic mass is 79.9. The molecule has 1 aromatic carbocycles. The molecule has 4 saturated heterocycles. The first-order valence-electron chi connectivity index (χ1n) is 13.0. The summed E-state index contributed by atoms with van der Waals surface area (Å²) in [5.74, 6) is 1.32. The molecular weight excluding hydrogens is 550 g/mol. The third-order valence-electron chi connectivity index (χ3n) is 9.26. The van der Waals surface area contributed by atoms with Crippen LogP contribution in [0.25, 0.3) is 0 Å². The van der Waals surface area contributed by atoms with Gasteiger partial charge in [-0.3, -0.25) is 9.69 Å². The van der Waals surface area contributed by atoms with Crippen molar-refractivity contribution in [2.24, 2.45) is 17.8 Å². The maximum Gasteiger partial charge on any atom is 0.225 e. The number of nitrogens with zero attached hydrogens (tertiary/aromatic N) is 2. The Bertz CT molecular complexity index is 1020. The van der Waals surface area contributed by atoms with Gasteiger partial charge in [-0.2, -0.15) is 0 Å². The Hall–Kier alpha value is -0.390. The lowest BCUT2D eigenvalue weighted by atomic mass is 9.80. The summed E-state index contributed by atoms with van der Waals surface area (Å²) >= 11 is 12.7. The van der Waals surface area contributed by atoms with Crippen LogP contribution in [0.1, 0.15) is 44.2 Å². The first-order valence-corrected chi connectivity index (χ1v) is 15.1. The zero-order valence-corrected chi connectivity index (χ0v) is 23.0. The topological polar surface area (TPSA) is 68.9 Å². The van der Waals surface area contributed by atoms with Crippen molar-refractivity contribution in [3.8, 4) is 0 Å². The van der Waals surface area contributed by atoms with E-state index < -0.39 is 0 Å². The summed E-state index contributed by atoms with van der Waals surface area (Å²) in [7, 11) is 0. The average Bonchev–Trinajstić information content (AvgIpc) is 3.20. The van der Waals surface area contributed by atoms with Crippen molar-refractivity contribution in [3.05, 3.63) is 33.3 Å². The minimum atomic E-state index is 0.0517. The smallest absolute Gasteiger partial charge is 0.225 e. The van der Waals surface area contributed by atoms with Gasteiger partial charge in [-0.1, -0.05) is 27.5 Å². The number of rotatable bonds is 2. The van der Waals surface area contributed by atoms with Crippen LogP contribution in [0, 0.1) is 17.8 Å². The van der Waals surface area contributed by atoms with Gasteiger partial charge in [0.25, 0.3) is 0 Å². The number of hydrazine groups is 1. The van der Waals surface area contributed by atoms with Crippen LogP contribution in [0.2, 0.25) is 5.02 Å². The Labute approximate surface area is 224 Å². The number of carbonyl (C=O) groups excluding carboxylic acids is 1. The van der Waals surface area contributed by atoms with Gasteiger partial charge in [0.2, 0.25) is 5.91 Å². The molecule has 190 valence electrons. The minimum Gasteiger partial charge on any atom is -0.378 e. The molecule has 0 bridgehead atoms. The number of amides is 1. The number of nitrogens with one attached hydrogen (secondary N) is 3. The summed E-state index contributed by atoms with van der Waals surface area (Å²) in [4.78, 5) is 18.2. The third kappa shape index (κ3) is 3.83. The molecule has 4 aliphatic heterocycles. The predicted molar refractivity (Wildman–Crippen MR) is 141 cm³/mol. The molecule has 2 saturated carbocycles. The van der Waals surface area contributed by atoms with Crippen LogP contribution in [0.5, 0.6) is 0 Å². The largest absolute Gasteiger partial charge is 0.378 e. The lowest BCUT2D eigenvalue weighted by Gasteiger charge is -2.36. The molecule has 1 spiro atoms. The molecule has 4 heterocycles. The van der Waals surface area contributed by atoms with Crippen LogP contribution in [-0.2, 0) is 9.53 Å². The Morgan fingerprint density at radius 2 is 2.03 bits per heavy atom. The van der Waals surface area contributed by atoms with Crippen molar-refractivity contribution in [1.82, 2.24) is 26.0 Å². The van der Waals surface area contributed by atoms with Gasteiger partial charge in [0.15, 0.2) is 0 Å². The normalized spacial score (nSPS) is 42.0. The lowest BCUT2D eigenvalue weighted by Crippen LogP contribution is -2.54. The van der Waals surface area contributed by atoms with Crippen LogP contribution >= 0.6 is 39.3 Å². The number of thioether (sulfide) groups is 1. The van der Waals surface area contributed by atoms with Crippen molar-refractivity contribution < 1.29 is 9.53 Å². The molecule has 6 aliphatic rings. The second kappa shape index (κ2) is 8.83. The van der Waals surface area contributed by atoms with Gasteiger partial charge < -0.3 is 15.0 Å². The summed E-state index contributed by atoms with van der Waals surface area (Å²) in [6, 6.07) is 6.41. The summed E-state index contributed by atoms with van der Waals surface area (Å²) in [6.45, 7) is 5.05. The van der Waals surface area contributed by atoms with Gasteiger partial charge >= 0.3 is 0 Å². The molecule has 1 amide bonds. The first kappa shape index (κ1) is 23.7. The fraction of sp³-hybridized carbons (Fsp3) is 0.720. The Morgan fingerprint density at radius 3 is 2.80 bits per heavy atom. The molecule has 1 aromatic rings. The van der Waals surface area contributed by atoms with Gasteiger partial charge in [-0.15, -0.1) is 11.8 Å². The van der Waals surface area contributed by atoms with Crippen LogP contribution in [0.4, 0.5) is 0 Å². The van der Waals surface area contributed by atoms with E-state index in [0.29, 0.717) is 41.6 Å². The van der Waals surface area contributed by atoms with Gasteiger partial charge in [0.1, 0.15) is 0 Å². The van der Waals surface area contributed by atoms with E-state index in [4.69, 9.17) is 16.3 Å². The number of hydrogen-bond acceptors (Lipinski definition) is 7. The Balaban J connectivity index is 1.25. The quantitative estimate of drug-likeness (QED) is 0.495. The molecule has 8 atom stereocenters. The number of hydrogen-bond donors (Lipinski definition) is 3. The Morgan fingerprint density at radius 1 is 1.23 bits per heavy atom. The molecule has 3 N–H and O–H groups in total. The predicted octanol–water partition coefficient (Wildman–Crippen LogP) is 3.30. The molecule has 7 unspecified atom stereocenters. The first-order chi connectivity index (χ1) is 16.9. The number of fused-ring (bicyclic) bond motifs is 6. The van der Waals surface area contributed by atoms with E-state index in [0.717, 1.165) is 48.3 Å². The van der Waals surface area contributed by atoms with Gasteiger partial charge in [-0.25, -0.2) is 10.9 Å². The van der Waals surface area contributed by atoms with Crippen molar-refractivity contribution in [2.75, 3.05) is 26.3 Å². The third-order valence-corrected chi connectivity index (χ3v) is 11.8. The number of morpholine rings is 1. The van der Waals surface area contributed by atoms with E-state index in [-0.39, 0.29) is 29.8 Å². The van der Waals surface area contributed by atoms with E-state index in [1.807, 2.05) is 17.0 Å². The molecule has 7 nitrogen and oxygen atoms in total. The highest BCUT2D eigenvalue weighted by molar-refractivity contribution is 9.10. The molecule has 10 heteroatoms. The summed E-state index contributed by atoms with van der Waals surface area (Å²) in [5, 5.41) is 5.86. The SMILES string of the molecule is CC1NNC2N1C1SC3C[C@@H](C(=O)N4CCOCC4)CC3C1C(c1cc(Br)ccc1Cl)NC21CC1. The number of carbonyl (C=O) groups is 1. The maximum atomic E-state index is 13.4. The van der Waals surface area contributed by atoms with Crippen LogP contribution in [0.15, 0.2) is 22.7 Å². The number of benzene rings is 1. The van der Waals surface area contributed by atoms with Crippen molar-refractivity contribution in [1.29, 1.82) is 0 Å².